The van der Waals surface area contributed by atoms with Gasteiger partial charge in [0.25, 0.3) is 0 Å². The summed E-state index contributed by atoms with van der Waals surface area (Å²) < 4.78 is 5.21. The lowest BCUT2D eigenvalue weighted by molar-refractivity contribution is 0.1000. The molecule has 16 heavy (non-hydrogen) atoms. The fraction of sp³-hybridized carbons (Fsp3) is 0.0833. The number of carbonyl (C=O) groups excluding carboxylic acids is 1. The first-order valence-electron chi connectivity index (χ1n) is 4.59. The number of hydrogen-bond acceptors (Lipinski definition) is 2. The first-order chi connectivity index (χ1) is 7.22. The van der Waals surface area contributed by atoms with Crippen LogP contribution in [0, 0.1) is 0 Å². The van der Waals surface area contributed by atoms with Crippen molar-refractivity contribution in [3.8, 4) is 5.75 Å². The van der Waals surface area contributed by atoms with Crippen molar-refractivity contribution < 1.29 is 9.53 Å². The third-order valence-corrected chi connectivity index (χ3v) is 2.33. The van der Waals surface area contributed by atoms with Crippen LogP contribution < -0.4 is 10.5 Å². The molecular formula is C12H12ClNO2. The SMILES string of the molecule is COc1cc(C(N)=O)cc2ccccc12.Cl. The van der Waals surface area contributed by atoms with Gasteiger partial charge in [-0.15, -0.1) is 12.4 Å². The van der Waals surface area contributed by atoms with E-state index in [1.807, 2.05) is 24.3 Å². The highest BCUT2D eigenvalue weighted by Crippen LogP contribution is 2.26. The normalized spacial score (nSPS) is 9.56. The molecule has 2 N–H and O–H groups in total. The summed E-state index contributed by atoms with van der Waals surface area (Å²) in [5, 5.41) is 1.93. The molecular weight excluding hydrogens is 226 g/mol. The van der Waals surface area contributed by atoms with Gasteiger partial charge in [-0.2, -0.15) is 0 Å². The van der Waals surface area contributed by atoms with E-state index >= 15 is 0 Å². The summed E-state index contributed by atoms with van der Waals surface area (Å²) in [6.07, 6.45) is 0. The van der Waals surface area contributed by atoms with Gasteiger partial charge in [-0.3, -0.25) is 4.79 Å². The maximum absolute atomic E-state index is 11.1. The molecule has 0 saturated carbocycles. The van der Waals surface area contributed by atoms with Crippen molar-refractivity contribution in [2.24, 2.45) is 5.73 Å². The van der Waals surface area contributed by atoms with Crippen LogP contribution in [-0.4, -0.2) is 13.0 Å². The number of methoxy groups -OCH3 is 1. The molecule has 2 aromatic rings. The van der Waals surface area contributed by atoms with Crippen molar-refractivity contribution in [3.63, 3.8) is 0 Å². The van der Waals surface area contributed by atoms with Gasteiger partial charge in [0.1, 0.15) is 5.75 Å². The lowest BCUT2D eigenvalue weighted by Gasteiger charge is -2.07. The van der Waals surface area contributed by atoms with Crippen molar-refractivity contribution in [1.82, 2.24) is 0 Å². The van der Waals surface area contributed by atoms with Crippen molar-refractivity contribution in [2.45, 2.75) is 0 Å². The molecule has 0 fully saturated rings. The van der Waals surface area contributed by atoms with Crippen LogP contribution in [0.2, 0.25) is 0 Å². The standard InChI is InChI=1S/C12H11NO2.ClH/c1-15-11-7-9(12(13)14)6-8-4-2-3-5-10(8)11;/h2-7H,1H3,(H2,13,14);1H. The molecule has 4 heteroatoms. The van der Waals surface area contributed by atoms with Crippen LogP contribution in [0.5, 0.6) is 5.75 Å². The summed E-state index contributed by atoms with van der Waals surface area (Å²) in [5.41, 5.74) is 5.70. The second-order valence-electron chi connectivity index (χ2n) is 3.26. The lowest BCUT2D eigenvalue weighted by atomic mass is 10.1. The number of hydrogen-bond donors (Lipinski definition) is 1. The molecule has 1 amide bonds. The van der Waals surface area contributed by atoms with Crippen LogP contribution in [0.25, 0.3) is 10.8 Å². The highest BCUT2D eigenvalue weighted by molar-refractivity contribution is 6.00. The molecule has 0 heterocycles. The minimum absolute atomic E-state index is 0. The molecule has 84 valence electrons. The zero-order valence-corrected chi connectivity index (χ0v) is 9.58. The van der Waals surface area contributed by atoms with Crippen LogP contribution in [0.1, 0.15) is 10.4 Å². The van der Waals surface area contributed by atoms with E-state index in [1.165, 1.54) is 0 Å². The first-order valence-corrected chi connectivity index (χ1v) is 4.59. The Balaban J connectivity index is 0.00000128. The molecule has 0 bridgehead atoms. The predicted molar refractivity (Wildman–Crippen MR) is 66.3 cm³/mol. The molecule has 3 nitrogen and oxygen atoms in total. The largest absolute Gasteiger partial charge is 0.496 e. The Morgan fingerprint density at radius 3 is 2.56 bits per heavy atom. The Bertz CT molecular complexity index is 525. The van der Waals surface area contributed by atoms with Gasteiger partial charge >= 0.3 is 0 Å². The molecule has 2 rings (SSSR count). The summed E-state index contributed by atoms with van der Waals surface area (Å²) in [6.45, 7) is 0. The monoisotopic (exact) mass is 237 g/mol. The predicted octanol–water partition coefficient (Wildman–Crippen LogP) is 2.37. The van der Waals surface area contributed by atoms with Crippen LogP contribution in [0.3, 0.4) is 0 Å². The number of ether oxygens (including phenoxy) is 1. The highest BCUT2D eigenvalue weighted by Gasteiger charge is 2.07. The molecule has 0 aliphatic rings. The van der Waals surface area contributed by atoms with Crippen molar-refractivity contribution >= 4 is 29.1 Å². The zero-order chi connectivity index (χ0) is 10.8. The van der Waals surface area contributed by atoms with E-state index in [0.29, 0.717) is 11.3 Å². The van der Waals surface area contributed by atoms with E-state index in [1.54, 1.807) is 19.2 Å². The molecule has 0 saturated heterocycles. The van der Waals surface area contributed by atoms with Gasteiger partial charge in [-0.1, -0.05) is 24.3 Å². The van der Waals surface area contributed by atoms with E-state index < -0.39 is 5.91 Å². The summed E-state index contributed by atoms with van der Waals surface area (Å²) in [5.74, 6) is 0.223. The molecule has 0 unspecified atom stereocenters. The van der Waals surface area contributed by atoms with E-state index in [2.05, 4.69) is 0 Å². The Morgan fingerprint density at radius 2 is 1.94 bits per heavy atom. The number of carbonyl (C=O) groups is 1. The van der Waals surface area contributed by atoms with E-state index in [0.717, 1.165) is 10.8 Å². The van der Waals surface area contributed by atoms with Crippen LogP contribution in [0.4, 0.5) is 0 Å². The molecule has 0 aliphatic heterocycles. The fourth-order valence-electron chi connectivity index (χ4n) is 1.59. The lowest BCUT2D eigenvalue weighted by Crippen LogP contribution is -2.10. The third kappa shape index (κ3) is 2.09. The van der Waals surface area contributed by atoms with E-state index in [-0.39, 0.29) is 12.4 Å². The van der Waals surface area contributed by atoms with Gasteiger partial charge in [-0.05, 0) is 17.5 Å². The second kappa shape index (κ2) is 4.86. The van der Waals surface area contributed by atoms with Gasteiger partial charge in [0.05, 0.1) is 7.11 Å². The van der Waals surface area contributed by atoms with E-state index in [4.69, 9.17) is 10.5 Å². The molecule has 2 aromatic carbocycles. The quantitative estimate of drug-likeness (QED) is 0.872. The average Bonchev–Trinajstić information content (AvgIpc) is 2.27. The summed E-state index contributed by atoms with van der Waals surface area (Å²) in [6, 6.07) is 11.1. The Morgan fingerprint density at radius 1 is 1.25 bits per heavy atom. The third-order valence-electron chi connectivity index (χ3n) is 2.33. The summed E-state index contributed by atoms with van der Waals surface area (Å²) in [7, 11) is 1.58. The minimum atomic E-state index is -0.445. The average molecular weight is 238 g/mol. The molecule has 0 atom stereocenters. The maximum Gasteiger partial charge on any atom is 0.248 e. The molecule has 0 spiro atoms. The first kappa shape index (κ1) is 12.3. The number of halogens is 1. The van der Waals surface area contributed by atoms with Crippen molar-refractivity contribution in [1.29, 1.82) is 0 Å². The van der Waals surface area contributed by atoms with Crippen LogP contribution in [0.15, 0.2) is 36.4 Å². The second-order valence-corrected chi connectivity index (χ2v) is 3.26. The van der Waals surface area contributed by atoms with Gasteiger partial charge in [0.2, 0.25) is 5.91 Å². The van der Waals surface area contributed by atoms with Gasteiger partial charge in [-0.25, -0.2) is 0 Å². The van der Waals surface area contributed by atoms with Crippen LogP contribution >= 0.6 is 12.4 Å². The van der Waals surface area contributed by atoms with Gasteiger partial charge < -0.3 is 10.5 Å². The number of primary amides is 1. The number of amides is 1. The highest BCUT2D eigenvalue weighted by atomic mass is 35.5. The molecule has 0 aliphatic carbocycles. The van der Waals surface area contributed by atoms with E-state index in [9.17, 15) is 4.79 Å². The number of benzene rings is 2. The van der Waals surface area contributed by atoms with Gasteiger partial charge in [0, 0.05) is 10.9 Å². The Kier molecular flexibility index (Phi) is 3.74. The zero-order valence-electron chi connectivity index (χ0n) is 8.77. The summed E-state index contributed by atoms with van der Waals surface area (Å²) in [4.78, 5) is 11.1. The van der Waals surface area contributed by atoms with Crippen molar-refractivity contribution in [2.75, 3.05) is 7.11 Å². The Hall–Kier alpha value is -1.74. The smallest absolute Gasteiger partial charge is 0.248 e. The topological polar surface area (TPSA) is 52.3 Å². The number of rotatable bonds is 2. The fourth-order valence-corrected chi connectivity index (χ4v) is 1.59. The van der Waals surface area contributed by atoms with Crippen LogP contribution in [-0.2, 0) is 0 Å². The van der Waals surface area contributed by atoms with Gasteiger partial charge in [0.15, 0.2) is 0 Å². The summed E-state index contributed by atoms with van der Waals surface area (Å²) >= 11 is 0. The Labute approximate surface area is 99.6 Å². The minimum Gasteiger partial charge on any atom is -0.496 e. The molecule has 0 aromatic heterocycles. The molecule has 0 radical (unpaired) electrons. The van der Waals surface area contributed by atoms with Crippen molar-refractivity contribution in [3.05, 3.63) is 42.0 Å². The maximum atomic E-state index is 11.1. The number of fused-ring (bicyclic) bond motifs is 1. The number of nitrogens with two attached hydrogens (primary N) is 1.